The van der Waals surface area contributed by atoms with Gasteiger partial charge in [0, 0.05) is 11.8 Å². The van der Waals surface area contributed by atoms with Gasteiger partial charge in [0.15, 0.2) is 6.23 Å². The minimum Gasteiger partial charge on any atom is -0.394 e. The van der Waals surface area contributed by atoms with E-state index < -0.39 is 36.8 Å². The number of nitrogen functional groups attached to an aromatic ring is 1. The largest absolute Gasteiger partial charge is 0.394 e. The maximum atomic E-state index is 12.1. The van der Waals surface area contributed by atoms with Gasteiger partial charge in [0.05, 0.1) is 6.61 Å². The summed E-state index contributed by atoms with van der Waals surface area (Å²) >= 11 is 0. The summed E-state index contributed by atoms with van der Waals surface area (Å²) in [6, 6.07) is 0. The summed E-state index contributed by atoms with van der Waals surface area (Å²) in [5.74, 6) is 0.0912. The van der Waals surface area contributed by atoms with Crippen LogP contribution in [-0.4, -0.2) is 49.8 Å². The van der Waals surface area contributed by atoms with Crippen molar-refractivity contribution in [3.63, 3.8) is 0 Å². The van der Waals surface area contributed by atoms with E-state index in [9.17, 15) is 15.0 Å². The highest BCUT2D eigenvalue weighted by molar-refractivity contribution is 5.61. The molecular formula is C15H23N3O5. The lowest BCUT2D eigenvalue weighted by molar-refractivity contribution is -0.0549. The second-order valence-electron chi connectivity index (χ2n) is 5.74. The van der Waals surface area contributed by atoms with Gasteiger partial charge in [-0.15, -0.1) is 0 Å². The predicted octanol–water partition coefficient (Wildman–Crippen LogP) is -0.360. The zero-order valence-corrected chi connectivity index (χ0v) is 13.2. The van der Waals surface area contributed by atoms with Crippen LogP contribution in [0, 0.1) is 0 Å². The molecule has 1 aromatic heterocycles. The summed E-state index contributed by atoms with van der Waals surface area (Å²) in [7, 11) is 0. The number of nitrogens with zero attached hydrogens (tertiary/aromatic N) is 2. The first kappa shape index (κ1) is 17.6. The standard InChI is InChI=1S/C15H23N3O5/c1-3-4-8(2)5-9-6-18(15(22)17-13(9)16)14-12(21)11(20)10(7-19)23-14/h5-6,10-12,14,19-21H,3-4,7H2,1-2H3,(H2,16,17,22)/t10-,11-,12-,14-/m1/s1. The predicted molar refractivity (Wildman–Crippen MR) is 84.5 cm³/mol. The van der Waals surface area contributed by atoms with Gasteiger partial charge in [-0.25, -0.2) is 4.79 Å². The second kappa shape index (κ2) is 7.22. The lowest BCUT2D eigenvalue weighted by atomic mass is 10.1. The van der Waals surface area contributed by atoms with Gasteiger partial charge in [-0.3, -0.25) is 4.57 Å². The molecular weight excluding hydrogens is 302 g/mol. The Morgan fingerprint density at radius 1 is 1.48 bits per heavy atom. The van der Waals surface area contributed by atoms with E-state index in [1.54, 1.807) is 0 Å². The number of aliphatic hydroxyl groups is 3. The van der Waals surface area contributed by atoms with E-state index in [1.165, 1.54) is 6.20 Å². The quantitative estimate of drug-likeness (QED) is 0.581. The van der Waals surface area contributed by atoms with Gasteiger partial charge in [0.2, 0.25) is 0 Å². The highest BCUT2D eigenvalue weighted by atomic mass is 16.6. The number of aromatic nitrogens is 2. The summed E-state index contributed by atoms with van der Waals surface area (Å²) < 4.78 is 6.45. The number of rotatable bonds is 5. The second-order valence-corrected chi connectivity index (χ2v) is 5.74. The minimum atomic E-state index is -1.34. The molecule has 0 spiro atoms. The fourth-order valence-corrected chi connectivity index (χ4v) is 2.63. The highest BCUT2D eigenvalue weighted by Crippen LogP contribution is 2.28. The molecule has 1 aliphatic rings. The van der Waals surface area contributed by atoms with Gasteiger partial charge >= 0.3 is 5.69 Å². The van der Waals surface area contributed by atoms with E-state index in [-0.39, 0.29) is 5.82 Å². The van der Waals surface area contributed by atoms with Crippen LogP contribution >= 0.6 is 0 Å². The van der Waals surface area contributed by atoms with Crippen LogP contribution in [0.4, 0.5) is 5.82 Å². The number of nitrogens with two attached hydrogens (primary N) is 1. The van der Waals surface area contributed by atoms with E-state index in [1.807, 2.05) is 13.0 Å². The Balaban J connectivity index is 2.40. The number of hydrogen-bond acceptors (Lipinski definition) is 7. The smallest absolute Gasteiger partial charge is 0.351 e. The molecule has 0 unspecified atom stereocenters. The topological polar surface area (TPSA) is 131 Å². The van der Waals surface area contributed by atoms with E-state index in [2.05, 4.69) is 11.9 Å². The van der Waals surface area contributed by atoms with E-state index in [4.69, 9.17) is 15.6 Å². The third-order valence-electron chi connectivity index (χ3n) is 3.85. The average molecular weight is 325 g/mol. The maximum Gasteiger partial charge on any atom is 0.351 e. The van der Waals surface area contributed by atoms with Crippen molar-refractivity contribution in [1.82, 2.24) is 9.55 Å². The van der Waals surface area contributed by atoms with Crippen molar-refractivity contribution in [1.29, 1.82) is 0 Å². The van der Waals surface area contributed by atoms with Crippen molar-refractivity contribution < 1.29 is 20.1 Å². The molecule has 0 radical (unpaired) electrons. The first-order chi connectivity index (χ1) is 10.9. The SMILES string of the molecule is CCCC(C)=Cc1cn([C@@H]2O[C@H](CO)[C@@H](O)[C@H]2O)c(=O)nc1N. The molecule has 2 heterocycles. The molecule has 4 atom stereocenters. The first-order valence-electron chi connectivity index (χ1n) is 7.57. The molecule has 0 amide bonds. The van der Waals surface area contributed by atoms with Crippen LogP contribution in [0.3, 0.4) is 0 Å². The molecule has 0 saturated carbocycles. The Hall–Kier alpha value is -1.74. The number of hydrogen-bond donors (Lipinski definition) is 4. The summed E-state index contributed by atoms with van der Waals surface area (Å²) in [5.41, 5.74) is 6.71. The molecule has 128 valence electrons. The molecule has 0 aromatic carbocycles. The molecule has 8 nitrogen and oxygen atoms in total. The molecule has 0 bridgehead atoms. The number of aliphatic hydroxyl groups excluding tert-OH is 3. The molecule has 1 aromatic rings. The number of ether oxygens (including phenoxy) is 1. The molecule has 2 rings (SSSR count). The van der Waals surface area contributed by atoms with Gasteiger partial charge in [0.25, 0.3) is 0 Å². The highest BCUT2D eigenvalue weighted by Gasteiger charge is 2.43. The molecule has 8 heteroatoms. The van der Waals surface area contributed by atoms with Gasteiger partial charge in [-0.1, -0.05) is 25.0 Å². The third-order valence-corrected chi connectivity index (χ3v) is 3.85. The van der Waals surface area contributed by atoms with Gasteiger partial charge < -0.3 is 25.8 Å². The van der Waals surface area contributed by atoms with Crippen molar-refractivity contribution in [2.45, 2.75) is 51.2 Å². The molecule has 0 aliphatic carbocycles. The van der Waals surface area contributed by atoms with Gasteiger partial charge in [0.1, 0.15) is 24.1 Å². The normalized spacial score (nSPS) is 28.3. The van der Waals surface area contributed by atoms with Crippen LogP contribution in [0.25, 0.3) is 6.08 Å². The van der Waals surface area contributed by atoms with Crippen LogP contribution in [0.5, 0.6) is 0 Å². The molecule has 1 saturated heterocycles. The van der Waals surface area contributed by atoms with E-state index in [0.29, 0.717) is 5.56 Å². The Morgan fingerprint density at radius 2 is 2.17 bits per heavy atom. The Bertz CT molecular complexity index is 642. The van der Waals surface area contributed by atoms with E-state index >= 15 is 0 Å². The summed E-state index contributed by atoms with van der Waals surface area (Å²) in [6.45, 7) is 3.54. The minimum absolute atomic E-state index is 0.0912. The lowest BCUT2D eigenvalue weighted by Gasteiger charge is -2.18. The fraction of sp³-hybridized carbons (Fsp3) is 0.600. The lowest BCUT2D eigenvalue weighted by Crippen LogP contribution is -2.36. The van der Waals surface area contributed by atoms with Crippen LogP contribution in [0.15, 0.2) is 16.6 Å². The Morgan fingerprint density at radius 3 is 2.74 bits per heavy atom. The molecule has 5 N–H and O–H groups in total. The van der Waals surface area contributed by atoms with Crippen LogP contribution in [0.1, 0.15) is 38.5 Å². The third kappa shape index (κ3) is 3.61. The first-order valence-corrected chi connectivity index (χ1v) is 7.57. The monoisotopic (exact) mass is 325 g/mol. The zero-order valence-electron chi connectivity index (χ0n) is 13.2. The summed E-state index contributed by atoms with van der Waals surface area (Å²) in [4.78, 5) is 15.8. The summed E-state index contributed by atoms with van der Waals surface area (Å²) in [6.07, 6.45) is 0.421. The van der Waals surface area contributed by atoms with Gasteiger partial charge in [-0.2, -0.15) is 4.98 Å². The maximum absolute atomic E-state index is 12.1. The molecule has 1 fully saturated rings. The zero-order chi connectivity index (χ0) is 17.1. The molecule has 23 heavy (non-hydrogen) atoms. The van der Waals surface area contributed by atoms with Crippen molar-refractivity contribution >= 4 is 11.9 Å². The summed E-state index contributed by atoms with van der Waals surface area (Å²) in [5, 5.41) is 29.0. The number of anilines is 1. The van der Waals surface area contributed by atoms with Crippen molar-refractivity contribution in [3.05, 3.63) is 27.8 Å². The van der Waals surface area contributed by atoms with Crippen molar-refractivity contribution in [3.8, 4) is 0 Å². The van der Waals surface area contributed by atoms with Gasteiger partial charge in [-0.05, 0) is 13.3 Å². The van der Waals surface area contributed by atoms with E-state index in [0.717, 1.165) is 23.0 Å². The van der Waals surface area contributed by atoms with Crippen molar-refractivity contribution in [2.24, 2.45) is 0 Å². The number of allylic oxidation sites excluding steroid dienone is 1. The van der Waals surface area contributed by atoms with Crippen LogP contribution in [-0.2, 0) is 4.74 Å². The Labute approximate surface area is 133 Å². The fourth-order valence-electron chi connectivity index (χ4n) is 2.63. The van der Waals surface area contributed by atoms with Crippen LogP contribution < -0.4 is 11.4 Å². The van der Waals surface area contributed by atoms with Crippen LogP contribution in [0.2, 0.25) is 0 Å². The van der Waals surface area contributed by atoms with Crippen molar-refractivity contribution in [2.75, 3.05) is 12.3 Å². The Kier molecular flexibility index (Phi) is 5.53. The molecule has 1 aliphatic heterocycles. The average Bonchev–Trinajstić information content (AvgIpc) is 2.78.